The van der Waals surface area contributed by atoms with E-state index in [1.165, 1.54) is 34.5 Å². The lowest BCUT2D eigenvalue weighted by Gasteiger charge is -2.04. The van der Waals surface area contributed by atoms with Crippen LogP contribution in [0.5, 0.6) is 0 Å². The molecule has 100 valence electrons. The Kier molecular flexibility index (Phi) is 3.15. The van der Waals surface area contributed by atoms with Crippen molar-refractivity contribution in [1.82, 2.24) is 9.55 Å². The Morgan fingerprint density at radius 1 is 1.26 bits per heavy atom. The van der Waals surface area contributed by atoms with E-state index in [1.54, 1.807) is 0 Å². The number of hydrogen-bond donors (Lipinski definition) is 1. The highest BCUT2D eigenvalue weighted by molar-refractivity contribution is 5.64. The summed E-state index contributed by atoms with van der Waals surface area (Å²) in [5.74, 6) is 1.16. The maximum atomic E-state index is 5.69. The lowest BCUT2D eigenvalue weighted by Crippen LogP contribution is -2.08. The minimum absolute atomic E-state index is 0.669. The van der Waals surface area contributed by atoms with Crippen LogP contribution in [0.1, 0.15) is 29.1 Å². The zero-order valence-corrected chi connectivity index (χ0v) is 11.7. The summed E-state index contributed by atoms with van der Waals surface area (Å²) in [5.41, 5.74) is 12.2. The van der Waals surface area contributed by atoms with Gasteiger partial charge in [0.25, 0.3) is 0 Å². The van der Waals surface area contributed by atoms with Crippen molar-refractivity contribution in [2.24, 2.45) is 5.73 Å². The highest BCUT2D eigenvalue weighted by Gasteiger charge is 2.21. The van der Waals surface area contributed by atoms with Crippen LogP contribution in [-0.4, -0.2) is 16.1 Å². The molecule has 0 saturated carbocycles. The van der Waals surface area contributed by atoms with Gasteiger partial charge >= 0.3 is 0 Å². The van der Waals surface area contributed by atoms with Gasteiger partial charge in [-0.3, -0.25) is 0 Å². The first-order valence-electron chi connectivity index (χ1n) is 7.06. The van der Waals surface area contributed by atoms with Crippen molar-refractivity contribution in [3.63, 3.8) is 0 Å². The van der Waals surface area contributed by atoms with E-state index in [4.69, 9.17) is 10.7 Å². The molecule has 1 aliphatic rings. The first-order valence-corrected chi connectivity index (χ1v) is 7.06. The summed E-state index contributed by atoms with van der Waals surface area (Å²) in [6.45, 7) is 6.08. The molecular formula is C16H21N3. The average molecular weight is 255 g/mol. The summed E-state index contributed by atoms with van der Waals surface area (Å²) in [7, 11) is 0. The Hall–Kier alpha value is -1.61. The van der Waals surface area contributed by atoms with Gasteiger partial charge in [-0.1, -0.05) is 12.1 Å². The van der Waals surface area contributed by atoms with Crippen LogP contribution in [0.3, 0.4) is 0 Å². The summed E-state index contributed by atoms with van der Waals surface area (Å²) < 4.78 is 2.37. The van der Waals surface area contributed by atoms with Crippen LogP contribution in [-0.2, 0) is 19.4 Å². The molecule has 2 aromatic rings. The van der Waals surface area contributed by atoms with Crippen molar-refractivity contribution in [1.29, 1.82) is 0 Å². The molecule has 0 unspecified atom stereocenters. The maximum absolute atomic E-state index is 5.69. The van der Waals surface area contributed by atoms with Gasteiger partial charge in [-0.05, 0) is 50.4 Å². The molecule has 19 heavy (non-hydrogen) atoms. The van der Waals surface area contributed by atoms with Crippen LogP contribution >= 0.6 is 0 Å². The third-order valence-corrected chi connectivity index (χ3v) is 4.10. The second-order valence-corrected chi connectivity index (χ2v) is 5.42. The van der Waals surface area contributed by atoms with Gasteiger partial charge in [0, 0.05) is 24.2 Å². The Morgan fingerprint density at radius 2 is 2.11 bits per heavy atom. The summed E-state index contributed by atoms with van der Waals surface area (Å²) in [6.07, 6.45) is 3.24. The Bertz CT molecular complexity index is 611. The fourth-order valence-corrected chi connectivity index (χ4v) is 2.90. The summed E-state index contributed by atoms with van der Waals surface area (Å²) in [5, 5.41) is 0. The number of benzene rings is 1. The van der Waals surface area contributed by atoms with Crippen molar-refractivity contribution in [3.8, 4) is 11.3 Å². The molecule has 3 nitrogen and oxygen atoms in total. The predicted molar refractivity (Wildman–Crippen MR) is 78.2 cm³/mol. The fourth-order valence-electron chi connectivity index (χ4n) is 2.90. The Balaban J connectivity index is 2.09. The zero-order valence-electron chi connectivity index (χ0n) is 11.7. The molecule has 0 spiro atoms. The average Bonchev–Trinajstić information content (AvgIpc) is 2.97. The molecule has 0 fully saturated rings. The van der Waals surface area contributed by atoms with E-state index >= 15 is 0 Å². The molecule has 1 aromatic heterocycles. The summed E-state index contributed by atoms with van der Waals surface area (Å²) in [4.78, 5) is 4.85. The lowest BCUT2D eigenvalue weighted by atomic mass is 10.0. The number of aromatic nitrogens is 2. The monoisotopic (exact) mass is 255 g/mol. The van der Waals surface area contributed by atoms with Crippen molar-refractivity contribution >= 4 is 0 Å². The van der Waals surface area contributed by atoms with Crippen molar-refractivity contribution in [2.45, 2.75) is 39.7 Å². The molecule has 0 aliphatic carbocycles. The summed E-state index contributed by atoms with van der Waals surface area (Å²) >= 11 is 0. The first kappa shape index (κ1) is 12.4. The van der Waals surface area contributed by atoms with Gasteiger partial charge in [0.1, 0.15) is 5.82 Å². The number of fused-ring (bicyclic) bond motifs is 1. The third-order valence-electron chi connectivity index (χ3n) is 4.10. The number of nitrogens with two attached hydrogens (primary N) is 1. The highest BCUT2D eigenvalue weighted by atomic mass is 15.1. The second kappa shape index (κ2) is 4.82. The molecule has 3 heteroatoms. The number of rotatable bonds is 3. The number of aryl methyl sites for hydroxylation is 2. The molecule has 0 radical (unpaired) electrons. The van der Waals surface area contributed by atoms with Crippen LogP contribution in [0.15, 0.2) is 18.2 Å². The van der Waals surface area contributed by atoms with E-state index in [-0.39, 0.29) is 0 Å². The van der Waals surface area contributed by atoms with E-state index < -0.39 is 0 Å². The molecule has 2 heterocycles. The van der Waals surface area contributed by atoms with Gasteiger partial charge in [-0.25, -0.2) is 4.98 Å². The molecule has 0 saturated heterocycles. The number of nitrogens with zero attached hydrogens (tertiary/aromatic N) is 2. The van der Waals surface area contributed by atoms with Gasteiger partial charge in [-0.15, -0.1) is 0 Å². The van der Waals surface area contributed by atoms with E-state index in [0.29, 0.717) is 6.54 Å². The molecule has 0 atom stereocenters. The van der Waals surface area contributed by atoms with Crippen LogP contribution in [0, 0.1) is 13.8 Å². The zero-order chi connectivity index (χ0) is 13.4. The van der Waals surface area contributed by atoms with E-state index in [2.05, 4.69) is 36.6 Å². The van der Waals surface area contributed by atoms with Crippen molar-refractivity contribution in [3.05, 3.63) is 40.8 Å². The SMILES string of the molecule is Cc1ccc(-c2nc(CCN)n3c2CCC3)cc1C. The van der Waals surface area contributed by atoms with Crippen molar-refractivity contribution < 1.29 is 0 Å². The smallest absolute Gasteiger partial charge is 0.110 e. The standard InChI is InChI=1S/C16H21N3/c1-11-5-6-13(10-12(11)2)16-14-4-3-9-19(14)15(18-16)7-8-17/h5-6,10H,3-4,7-9,17H2,1-2H3. The van der Waals surface area contributed by atoms with Crippen LogP contribution < -0.4 is 5.73 Å². The molecule has 2 N–H and O–H groups in total. The summed E-state index contributed by atoms with van der Waals surface area (Å²) in [6, 6.07) is 6.63. The fraction of sp³-hybridized carbons (Fsp3) is 0.438. The Morgan fingerprint density at radius 3 is 2.84 bits per heavy atom. The van der Waals surface area contributed by atoms with E-state index in [0.717, 1.165) is 25.2 Å². The lowest BCUT2D eigenvalue weighted by molar-refractivity contribution is 0.685. The molecular weight excluding hydrogens is 234 g/mol. The Labute approximate surface area is 114 Å². The minimum Gasteiger partial charge on any atom is -0.331 e. The molecule has 1 aromatic carbocycles. The molecule has 0 amide bonds. The maximum Gasteiger partial charge on any atom is 0.110 e. The highest BCUT2D eigenvalue weighted by Crippen LogP contribution is 2.30. The predicted octanol–water partition coefficient (Wildman–Crippen LogP) is 2.61. The largest absolute Gasteiger partial charge is 0.331 e. The molecule has 0 bridgehead atoms. The first-order chi connectivity index (χ1) is 9.20. The van der Waals surface area contributed by atoms with Crippen LogP contribution in [0.25, 0.3) is 11.3 Å². The van der Waals surface area contributed by atoms with E-state index in [1.807, 2.05) is 0 Å². The number of imidazole rings is 1. The topological polar surface area (TPSA) is 43.8 Å². The van der Waals surface area contributed by atoms with Crippen molar-refractivity contribution in [2.75, 3.05) is 6.54 Å². The van der Waals surface area contributed by atoms with Gasteiger partial charge < -0.3 is 10.3 Å². The van der Waals surface area contributed by atoms with Gasteiger partial charge in [0.05, 0.1) is 5.69 Å². The quantitative estimate of drug-likeness (QED) is 0.916. The molecule has 3 rings (SSSR count). The second-order valence-electron chi connectivity index (χ2n) is 5.42. The van der Waals surface area contributed by atoms with E-state index in [9.17, 15) is 0 Å². The molecule has 1 aliphatic heterocycles. The number of hydrogen-bond acceptors (Lipinski definition) is 2. The van der Waals surface area contributed by atoms with Gasteiger partial charge in [-0.2, -0.15) is 0 Å². The van der Waals surface area contributed by atoms with Crippen LogP contribution in [0.4, 0.5) is 0 Å². The van der Waals surface area contributed by atoms with Crippen LogP contribution in [0.2, 0.25) is 0 Å². The normalized spacial score (nSPS) is 13.8. The minimum atomic E-state index is 0.669. The van der Waals surface area contributed by atoms with Gasteiger partial charge in [0.2, 0.25) is 0 Å². The third kappa shape index (κ3) is 2.08. The van der Waals surface area contributed by atoms with Gasteiger partial charge in [0.15, 0.2) is 0 Å².